The highest BCUT2D eigenvalue weighted by molar-refractivity contribution is 9.09. The molecular weight excluding hydrogens is 292 g/mol. The van der Waals surface area contributed by atoms with Gasteiger partial charge in [0.25, 0.3) is 0 Å². The second kappa shape index (κ2) is 9.29. The van der Waals surface area contributed by atoms with Gasteiger partial charge in [0, 0.05) is 31.0 Å². The summed E-state index contributed by atoms with van der Waals surface area (Å²) in [6.07, 6.45) is 4.29. The number of unbranched alkanes of at least 4 members (excludes halogenated alkanes) is 2. The summed E-state index contributed by atoms with van der Waals surface area (Å²) in [5.74, 6) is 0. The van der Waals surface area contributed by atoms with Gasteiger partial charge >= 0.3 is 0 Å². The molecule has 1 unspecified atom stereocenters. The molecule has 0 bridgehead atoms. The lowest BCUT2D eigenvalue weighted by Gasteiger charge is -2.37. The number of rotatable bonds is 8. The molecule has 0 spiro atoms. The minimum atomic E-state index is 0.391. The van der Waals surface area contributed by atoms with E-state index < -0.39 is 0 Å². The van der Waals surface area contributed by atoms with E-state index in [1.807, 2.05) is 0 Å². The molecule has 108 valence electrons. The van der Waals surface area contributed by atoms with Gasteiger partial charge in [-0.15, -0.1) is 0 Å². The summed E-state index contributed by atoms with van der Waals surface area (Å²) in [7, 11) is 2.21. The van der Waals surface area contributed by atoms with Crippen molar-refractivity contribution in [2.75, 3.05) is 45.2 Å². The van der Waals surface area contributed by atoms with E-state index in [9.17, 15) is 0 Å². The molecule has 1 atom stereocenters. The van der Waals surface area contributed by atoms with E-state index in [1.165, 1.54) is 25.8 Å². The van der Waals surface area contributed by atoms with Crippen LogP contribution in [0.15, 0.2) is 0 Å². The fourth-order valence-corrected chi connectivity index (χ4v) is 2.81. The van der Waals surface area contributed by atoms with Crippen molar-refractivity contribution < 1.29 is 4.74 Å². The third kappa shape index (κ3) is 6.50. The summed E-state index contributed by atoms with van der Waals surface area (Å²) < 4.78 is 5.87. The average molecular weight is 321 g/mol. The second-order valence-electron chi connectivity index (χ2n) is 5.59. The molecule has 1 fully saturated rings. The minimum absolute atomic E-state index is 0.391. The Morgan fingerprint density at radius 1 is 1.33 bits per heavy atom. The van der Waals surface area contributed by atoms with Crippen LogP contribution in [-0.4, -0.2) is 67.1 Å². The average Bonchev–Trinajstić information content (AvgIpc) is 2.35. The Kier molecular flexibility index (Phi) is 8.47. The number of alkyl halides is 1. The van der Waals surface area contributed by atoms with Gasteiger partial charge in [-0.25, -0.2) is 0 Å². The zero-order valence-electron chi connectivity index (χ0n) is 12.2. The van der Waals surface area contributed by atoms with Crippen molar-refractivity contribution in [2.45, 2.75) is 45.3 Å². The highest BCUT2D eigenvalue weighted by Crippen LogP contribution is 2.10. The third-order valence-electron chi connectivity index (χ3n) is 3.59. The van der Waals surface area contributed by atoms with Gasteiger partial charge in [-0.3, -0.25) is 4.90 Å². The number of morpholine rings is 1. The second-order valence-corrected chi connectivity index (χ2v) is 6.39. The number of ether oxygens (including phenoxy) is 1. The van der Waals surface area contributed by atoms with E-state index in [0.717, 1.165) is 31.6 Å². The molecular formula is C14H29BrN2O. The van der Waals surface area contributed by atoms with Crippen LogP contribution in [-0.2, 0) is 4.74 Å². The summed E-state index contributed by atoms with van der Waals surface area (Å²) in [6, 6.07) is 0.639. The maximum atomic E-state index is 5.87. The lowest BCUT2D eigenvalue weighted by atomic mass is 10.2. The summed E-state index contributed by atoms with van der Waals surface area (Å²) >= 11 is 3.48. The molecule has 1 heterocycles. The van der Waals surface area contributed by atoms with Gasteiger partial charge in [-0.2, -0.15) is 0 Å². The Hall–Kier alpha value is 0.360. The van der Waals surface area contributed by atoms with E-state index in [4.69, 9.17) is 4.74 Å². The molecule has 0 N–H and O–H groups in total. The standard InChI is InChI=1S/C14H29BrN2O/c1-13(2)17-9-10-18-14(12-17)11-16(3)8-6-4-5-7-15/h13-14H,4-12H2,1-3H3. The first-order valence-electron chi connectivity index (χ1n) is 7.23. The van der Waals surface area contributed by atoms with Gasteiger partial charge in [0.15, 0.2) is 0 Å². The zero-order chi connectivity index (χ0) is 13.4. The molecule has 1 saturated heterocycles. The smallest absolute Gasteiger partial charge is 0.0829 e. The van der Waals surface area contributed by atoms with Crippen LogP contribution in [0, 0.1) is 0 Å². The van der Waals surface area contributed by atoms with Gasteiger partial charge in [0.05, 0.1) is 12.7 Å². The molecule has 0 radical (unpaired) electrons. The molecule has 3 nitrogen and oxygen atoms in total. The number of hydrogen-bond acceptors (Lipinski definition) is 3. The van der Waals surface area contributed by atoms with E-state index >= 15 is 0 Å². The maximum absolute atomic E-state index is 5.87. The molecule has 18 heavy (non-hydrogen) atoms. The fraction of sp³-hybridized carbons (Fsp3) is 1.00. The Morgan fingerprint density at radius 2 is 2.11 bits per heavy atom. The molecule has 0 aromatic rings. The van der Waals surface area contributed by atoms with Crippen molar-refractivity contribution in [3.63, 3.8) is 0 Å². The molecule has 4 heteroatoms. The van der Waals surface area contributed by atoms with Crippen LogP contribution >= 0.6 is 15.9 Å². The van der Waals surface area contributed by atoms with Crippen molar-refractivity contribution in [3.8, 4) is 0 Å². The first-order chi connectivity index (χ1) is 8.63. The van der Waals surface area contributed by atoms with E-state index in [2.05, 4.69) is 46.6 Å². The largest absolute Gasteiger partial charge is 0.374 e. The molecule has 0 saturated carbocycles. The Balaban J connectivity index is 2.16. The zero-order valence-corrected chi connectivity index (χ0v) is 13.8. The topological polar surface area (TPSA) is 15.7 Å². The summed E-state index contributed by atoms with van der Waals surface area (Å²) in [4.78, 5) is 4.94. The van der Waals surface area contributed by atoms with Crippen molar-refractivity contribution in [3.05, 3.63) is 0 Å². The van der Waals surface area contributed by atoms with Crippen LogP contribution < -0.4 is 0 Å². The highest BCUT2D eigenvalue weighted by Gasteiger charge is 2.22. The molecule has 0 aromatic carbocycles. The number of halogens is 1. The Morgan fingerprint density at radius 3 is 2.78 bits per heavy atom. The van der Waals surface area contributed by atoms with Gasteiger partial charge in [-0.05, 0) is 40.3 Å². The normalized spacial score (nSPS) is 22.0. The van der Waals surface area contributed by atoms with Crippen molar-refractivity contribution >= 4 is 15.9 Å². The molecule has 1 aliphatic rings. The van der Waals surface area contributed by atoms with E-state index in [-0.39, 0.29) is 0 Å². The van der Waals surface area contributed by atoms with Crippen LogP contribution in [0.4, 0.5) is 0 Å². The van der Waals surface area contributed by atoms with Crippen LogP contribution in [0.3, 0.4) is 0 Å². The van der Waals surface area contributed by atoms with Crippen molar-refractivity contribution in [1.29, 1.82) is 0 Å². The Bertz CT molecular complexity index is 214. The van der Waals surface area contributed by atoms with Crippen LogP contribution in [0.25, 0.3) is 0 Å². The minimum Gasteiger partial charge on any atom is -0.374 e. The summed E-state index contributed by atoms with van der Waals surface area (Å²) in [5, 5.41) is 1.13. The third-order valence-corrected chi connectivity index (χ3v) is 4.15. The highest BCUT2D eigenvalue weighted by atomic mass is 79.9. The predicted octanol–water partition coefficient (Wildman–Crippen LogP) is 2.59. The van der Waals surface area contributed by atoms with E-state index in [0.29, 0.717) is 12.1 Å². The summed E-state index contributed by atoms with van der Waals surface area (Å²) in [5.41, 5.74) is 0. The monoisotopic (exact) mass is 320 g/mol. The van der Waals surface area contributed by atoms with Crippen LogP contribution in [0.1, 0.15) is 33.1 Å². The van der Waals surface area contributed by atoms with Gasteiger partial charge in [-0.1, -0.05) is 22.4 Å². The molecule has 0 aromatic heterocycles. The SMILES string of the molecule is CC(C)N1CCOC(CN(C)CCCCCBr)C1. The summed E-state index contributed by atoms with van der Waals surface area (Å²) in [6.45, 7) is 9.86. The Labute approximate surface area is 121 Å². The van der Waals surface area contributed by atoms with Gasteiger partial charge in [0.1, 0.15) is 0 Å². The van der Waals surface area contributed by atoms with Crippen molar-refractivity contribution in [2.24, 2.45) is 0 Å². The molecule has 1 rings (SSSR count). The quantitative estimate of drug-likeness (QED) is 0.505. The first kappa shape index (κ1) is 16.4. The maximum Gasteiger partial charge on any atom is 0.0829 e. The van der Waals surface area contributed by atoms with E-state index in [1.54, 1.807) is 0 Å². The molecule has 1 aliphatic heterocycles. The first-order valence-corrected chi connectivity index (χ1v) is 8.35. The molecule has 0 amide bonds. The molecule has 0 aliphatic carbocycles. The fourth-order valence-electron chi connectivity index (χ4n) is 2.41. The van der Waals surface area contributed by atoms with Gasteiger partial charge in [0.2, 0.25) is 0 Å². The van der Waals surface area contributed by atoms with Gasteiger partial charge < -0.3 is 9.64 Å². The number of nitrogens with zero attached hydrogens (tertiary/aromatic N) is 2. The number of likely N-dealkylation sites (N-methyl/N-ethyl adjacent to an activating group) is 1. The number of hydrogen-bond donors (Lipinski definition) is 0. The lowest BCUT2D eigenvalue weighted by molar-refractivity contribution is -0.0495. The van der Waals surface area contributed by atoms with Crippen LogP contribution in [0.5, 0.6) is 0 Å². The van der Waals surface area contributed by atoms with Crippen molar-refractivity contribution in [1.82, 2.24) is 9.80 Å². The van der Waals surface area contributed by atoms with Crippen LogP contribution in [0.2, 0.25) is 0 Å². The predicted molar refractivity (Wildman–Crippen MR) is 81.6 cm³/mol. The lowest BCUT2D eigenvalue weighted by Crippen LogP contribution is -2.49.